The van der Waals surface area contributed by atoms with Crippen LogP contribution in [-0.2, 0) is 25.7 Å². The van der Waals surface area contributed by atoms with Crippen LogP contribution in [0.5, 0.6) is 0 Å². The number of halogens is 1. The minimum Gasteiger partial charge on any atom is -0.167 e. The second kappa shape index (κ2) is 4.99. The highest BCUT2D eigenvalue weighted by atomic mass is 35.6. The van der Waals surface area contributed by atoms with Gasteiger partial charge in [0.2, 0.25) is 0 Å². The molecular formula is C21H29ClSi. The number of benzene rings is 1. The highest BCUT2D eigenvalue weighted by molar-refractivity contribution is 7.20. The van der Waals surface area contributed by atoms with Gasteiger partial charge in [0.05, 0.1) is 0 Å². The first-order valence-corrected chi connectivity index (χ1v) is 13.3. The van der Waals surface area contributed by atoms with Crippen LogP contribution in [0.3, 0.4) is 0 Å². The van der Waals surface area contributed by atoms with Crippen LogP contribution in [0.2, 0.25) is 13.1 Å². The summed E-state index contributed by atoms with van der Waals surface area (Å²) in [6, 6.07) is 0. The molecule has 23 heavy (non-hydrogen) atoms. The molecule has 0 N–H and O–H groups in total. The molecule has 3 aliphatic rings. The molecule has 1 aromatic rings. The Balaban J connectivity index is 2.01. The Morgan fingerprint density at radius 1 is 1.00 bits per heavy atom. The average molecular weight is 345 g/mol. The van der Waals surface area contributed by atoms with E-state index in [2.05, 4.69) is 39.9 Å². The zero-order valence-corrected chi connectivity index (χ0v) is 17.0. The molecule has 0 aromatic heterocycles. The third kappa shape index (κ3) is 2.38. The maximum Gasteiger partial charge on any atom is 0.161 e. The van der Waals surface area contributed by atoms with Gasteiger partial charge in [-0.05, 0) is 84.2 Å². The molecule has 0 bridgehead atoms. The Bertz CT molecular complexity index is 719. The van der Waals surface area contributed by atoms with Crippen molar-refractivity contribution in [2.24, 2.45) is 5.41 Å². The lowest BCUT2D eigenvalue weighted by atomic mass is 9.81. The van der Waals surface area contributed by atoms with Crippen molar-refractivity contribution in [3.05, 3.63) is 39.0 Å². The smallest absolute Gasteiger partial charge is 0.161 e. The van der Waals surface area contributed by atoms with Crippen molar-refractivity contribution in [3.8, 4) is 0 Å². The summed E-state index contributed by atoms with van der Waals surface area (Å²) in [6.07, 6.45) is 10.4. The van der Waals surface area contributed by atoms with Crippen molar-refractivity contribution in [3.63, 3.8) is 0 Å². The van der Waals surface area contributed by atoms with Gasteiger partial charge in [0.1, 0.15) is 0 Å². The van der Waals surface area contributed by atoms with Crippen molar-refractivity contribution in [2.75, 3.05) is 0 Å². The third-order valence-electron chi connectivity index (χ3n) is 6.25. The van der Waals surface area contributed by atoms with Gasteiger partial charge in [-0.15, -0.1) is 0 Å². The van der Waals surface area contributed by atoms with Crippen LogP contribution in [0.15, 0.2) is 5.57 Å². The van der Waals surface area contributed by atoms with Gasteiger partial charge in [0.25, 0.3) is 0 Å². The summed E-state index contributed by atoms with van der Waals surface area (Å²) in [5.74, 6) is 0. The quantitative estimate of drug-likeness (QED) is 0.422. The Morgan fingerprint density at radius 3 is 2.26 bits per heavy atom. The largest absolute Gasteiger partial charge is 0.167 e. The highest BCUT2D eigenvalue weighted by Gasteiger charge is 2.44. The van der Waals surface area contributed by atoms with E-state index in [0.29, 0.717) is 11.0 Å². The molecule has 0 heterocycles. The first-order chi connectivity index (χ1) is 10.7. The van der Waals surface area contributed by atoms with Gasteiger partial charge >= 0.3 is 0 Å². The van der Waals surface area contributed by atoms with E-state index in [0.717, 1.165) is 0 Å². The van der Waals surface area contributed by atoms with Gasteiger partial charge < -0.3 is 0 Å². The molecule has 0 fully saturated rings. The maximum atomic E-state index is 7.02. The van der Waals surface area contributed by atoms with Crippen LogP contribution < -0.4 is 0 Å². The van der Waals surface area contributed by atoms with Gasteiger partial charge in [-0.3, -0.25) is 0 Å². The minimum atomic E-state index is -1.77. The number of hydrogen-bond acceptors (Lipinski definition) is 0. The molecular weight excluding hydrogens is 316 g/mol. The molecule has 0 saturated heterocycles. The molecule has 0 spiro atoms. The lowest BCUT2D eigenvalue weighted by Gasteiger charge is -2.30. The molecule has 0 aliphatic heterocycles. The Morgan fingerprint density at radius 2 is 1.61 bits per heavy atom. The van der Waals surface area contributed by atoms with Crippen LogP contribution in [-0.4, -0.2) is 7.38 Å². The Kier molecular flexibility index (Phi) is 3.46. The Hall–Kier alpha value is -0.533. The summed E-state index contributed by atoms with van der Waals surface area (Å²) in [5.41, 5.74) is 12.6. The molecule has 0 radical (unpaired) electrons. The monoisotopic (exact) mass is 344 g/mol. The first-order valence-electron chi connectivity index (χ1n) is 9.25. The predicted octanol–water partition coefficient (Wildman–Crippen LogP) is 6.17. The molecule has 1 unspecified atom stereocenters. The Labute approximate surface area is 147 Å². The fourth-order valence-corrected chi connectivity index (χ4v) is 8.58. The topological polar surface area (TPSA) is 0 Å². The molecule has 3 aliphatic carbocycles. The SMILES string of the molecule is CC1=Cc2c3c(c4c(c2C1[Si](C)(C)Cl)CC(C)(C)C4)CCCC3. The second-order valence-corrected chi connectivity index (χ2v) is 16.0. The summed E-state index contributed by atoms with van der Waals surface area (Å²) < 4.78 is 0. The van der Waals surface area contributed by atoms with E-state index in [-0.39, 0.29) is 0 Å². The number of fused-ring (bicyclic) bond motifs is 6. The number of hydrogen-bond donors (Lipinski definition) is 0. The molecule has 0 nitrogen and oxygen atoms in total. The number of rotatable bonds is 1. The summed E-state index contributed by atoms with van der Waals surface area (Å²) in [6.45, 7) is 11.9. The normalized spacial score (nSPS) is 25.0. The van der Waals surface area contributed by atoms with E-state index >= 15 is 0 Å². The van der Waals surface area contributed by atoms with Gasteiger partial charge in [-0.25, -0.2) is 0 Å². The van der Waals surface area contributed by atoms with Gasteiger partial charge in [-0.1, -0.05) is 38.6 Å². The van der Waals surface area contributed by atoms with Crippen LogP contribution in [0.1, 0.15) is 72.5 Å². The summed E-state index contributed by atoms with van der Waals surface area (Å²) >= 11 is 7.02. The van der Waals surface area contributed by atoms with E-state index in [1.54, 1.807) is 33.4 Å². The lowest BCUT2D eigenvalue weighted by Crippen LogP contribution is -2.29. The van der Waals surface area contributed by atoms with E-state index < -0.39 is 7.38 Å². The van der Waals surface area contributed by atoms with Gasteiger partial charge in [0, 0.05) is 5.54 Å². The third-order valence-corrected chi connectivity index (χ3v) is 9.02. The summed E-state index contributed by atoms with van der Waals surface area (Å²) in [5, 5.41) is 0. The zero-order valence-electron chi connectivity index (χ0n) is 15.3. The van der Waals surface area contributed by atoms with E-state index in [4.69, 9.17) is 11.1 Å². The number of allylic oxidation sites excluding steroid dienone is 1. The maximum absolute atomic E-state index is 7.02. The van der Waals surface area contributed by atoms with Crippen LogP contribution >= 0.6 is 11.1 Å². The molecule has 0 saturated carbocycles. The van der Waals surface area contributed by atoms with Gasteiger partial charge in [-0.2, -0.15) is 11.1 Å². The van der Waals surface area contributed by atoms with Crippen molar-refractivity contribution in [2.45, 2.75) is 77.9 Å². The van der Waals surface area contributed by atoms with E-state index in [1.165, 1.54) is 44.1 Å². The zero-order chi connectivity index (χ0) is 16.6. The summed E-state index contributed by atoms with van der Waals surface area (Å²) in [4.78, 5) is 0. The molecule has 124 valence electrons. The molecule has 4 rings (SSSR count). The second-order valence-electron chi connectivity index (χ2n) is 9.35. The minimum absolute atomic E-state index is 0.418. The fourth-order valence-electron chi connectivity index (χ4n) is 5.56. The first kappa shape index (κ1) is 16.0. The predicted molar refractivity (Wildman–Crippen MR) is 104 cm³/mol. The lowest BCUT2D eigenvalue weighted by molar-refractivity contribution is 0.391. The van der Waals surface area contributed by atoms with E-state index in [9.17, 15) is 0 Å². The standard InChI is InChI=1S/C21H29ClSi/c1-13-10-16-14-8-6-7-9-15(14)17-11-21(2,3)12-18(17)19(16)20(13)23(4,5)22/h10,20H,6-9,11-12H2,1-5H3. The molecule has 1 atom stereocenters. The summed E-state index contributed by atoms with van der Waals surface area (Å²) in [7, 11) is -1.77. The molecule has 2 heteroatoms. The van der Waals surface area contributed by atoms with Crippen LogP contribution in [0.4, 0.5) is 0 Å². The van der Waals surface area contributed by atoms with Crippen LogP contribution in [0.25, 0.3) is 6.08 Å². The highest BCUT2D eigenvalue weighted by Crippen LogP contribution is 2.53. The van der Waals surface area contributed by atoms with Gasteiger partial charge in [0.15, 0.2) is 7.38 Å². The van der Waals surface area contributed by atoms with Crippen molar-refractivity contribution in [1.82, 2.24) is 0 Å². The molecule has 0 amide bonds. The molecule has 1 aromatic carbocycles. The fraction of sp³-hybridized carbons (Fsp3) is 0.619. The average Bonchev–Trinajstić information content (AvgIpc) is 2.94. The van der Waals surface area contributed by atoms with Crippen molar-refractivity contribution >= 4 is 24.5 Å². The van der Waals surface area contributed by atoms with Crippen molar-refractivity contribution in [1.29, 1.82) is 0 Å². The van der Waals surface area contributed by atoms with Crippen LogP contribution in [0, 0.1) is 5.41 Å². The van der Waals surface area contributed by atoms with E-state index in [1.807, 2.05) is 0 Å². The van der Waals surface area contributed by atoms with Crippen molar-refractivity contribution < 1.29 is 0 Å².